The monoisotopic (exact) mass is 375 g/mol. The first kappa shape index (κ1) is 23.9. The molecule has 0 aromatic rings. The molecular formula is C18H37NO5Si. The van der Waals surface area contributed by atoms with Gasteiger partial charge in [0.05, 0.1) is 6.04 Å². The standard InChI is InChI=1S/C18H37NO5Si/c1-11-12(2)13(19-16(22)23-17(3,4)5)14(15(20)21)24-25(9,10)18(6,7)8/h12-14H,11H2,1-10H3,(H,19,22)(H,20,21)/t12-,13-,14+/m0/s1. The van der Waals surface area contributed by atoms with Crippen LogP contribution in [0.25, 0.3) is 0 Å². The van der Waals surface area contributed by atoms with Crippen LogP contribution in [0.15, 0.2) is 0 Å². The molecule has 6 nitrogen and oxygen atoms in total. The van der Waals surface area contributed by atoms with Crippen LogP contribution in [-0.4, -0.2) is 43.2 Å². The van der Waals surface area contributed by atoms with Crippen LogP contribution in [0.5, 0.6) is 0 Å². The van der Waals surface area contributed by atoms with Crippen LogP contribution in [-0.2, 0) is 14.0 Å². The molecule has 0 spiro atoms. The van der Waals surface area contributed by atoms with E-state index in [1.54, 1.807) is 20.8 Å². The van der Waals surface area contributed by atoms with E-state index in [-0.39, 0.29) is 11.0 Å². The second-order valence-electron chi connectivity index (χ2n) is 9.19. The van der Waals surface area contributed by atoms with Gasteiger partial charge in [0.2, 0.25) is 0 Å². The summed E-state index contributed by atoms with van der Waals surface area (Å²) in [5.41, 5.74) is -0.650. The van der Waals surface area contributed by atoms with Gasteiger partial charge >= 0.3 is 12.1 Å². The smallest absolute Gasteiger partial charge is 0.407 e. The van der Waals surface area contributed by atoms with Crippen molar-refractivity contribution < 1.29 is 23.9 Å². The van der Waals surface area contributed by atoms with Gasteiger partial charge in [-0.15, -0.1) is 0 Å². The summed E-state index contributed by atoms with van der Waals surface area (Å²) in [6, 6.07) is -0.661. The summed E-state index contributed by atoms with van der Waals surface area (Å²) < 4.78 is 11.5. The topological polar surface area (TPSA) is 84.9 Å². The molecule has 0 aliphatic heterocycles. The lowest BCUT2D eigenvalue weighted by Crippen LogP contribution is -2.57. The van der Waals surface area contributed by atoms with E-state index in [9.17, 15) is 14.7 Å². The second-order valence-corrected chi connectivity index (χ2v) is 14.0. The van der Waals surface area contributed by atoms with E-state index in [0.717, 1.165) is 0 Å². The van der Waals surface area contributed by atoms with Crippen LogP contribution in [0.4, 0.5) is 4.79 Å². The van der Waals surface area contributed by atoms with Crippen LogP contribution >= 0.6 is 0 Å². The maximum atomic E-state index is 12.2. The molecule has 1 amide bonds. The number of amides is 1. The predicted molar refractivity (Wildman–Crippen MR) is 102 cm³/mol. The summed E-state index contributed by atoms with van der Waals surface area (Å²) in [7, 11) is -2.32. The number of carbonyl (C=O) groups excluding carboxylic acids is 1. The Bertz CT molecular complexity index is 465. The summed E-state index contributed by atoms with van der Waals surface area (Å²) >= 11 is 0. The Morgan fingerprint density at radius 1 is 1.12 bits per heavy atom. The molecule has 0 unspecified atom stereocenters. The van der Waals surface area contributed by atoms with Crippen LogP contribution < -0.4 is 5.32 Å². The molecule has 0 bridgehead atoms. The summed E-state index contributed by atoms with van der Waals surface area (Å²) in [6.07, 6.45) is -1.02. The molecule has 0 aromatic carbocycles. The van der Waals surface area contributed by atoms with Gasteiger partial charge in [-0.3, -0.25) is 0 Å². The number of carboxylic acids is 1. The molecule has 25 heavy (non-hydrogen) atoms. The fraction of sp³-hybridized carbons (Fsp3) is 0.889. The number of nitrogens with one attached hydrogen (secondary N) is 1. The third kappa shape index (κ3) is 7.77. The first-order valence-electron chi connectivity index (χ1n) is 8.92. The number of alkyl carbamates (subject to hydrolysis) is 1. The van der Waals surface area contributed by atoms with Crippen molar-refractivity contribution in [3.05, 3.63) is 0 Å². The van der Waals surface area contributed by atoms with E-state index in [4.69, 9.17) is 9.16 Å². The Balaban J connectivity index is 5.55. The minimum Gasteiger partial charge on any atom is -0.479 e. The zero-order valence-corrected chi connectivity index (χ0v) is 18.5. The first-order chi connectivity index (χ1) is 11.0. The molecule has 0 radical (unpaired) electrons. The van der Waals surface area contributed by atoms with Crippen LogP contribution in [0.1, 0.15) is 61.8 Å². The zero-order valence-electron chi connectivity index (χ0n) is 17.5. The molecule has 148 valence electrons. The van der Waals surface area contributed by atoms with Crippen molar-refractivity contribution in [3.8, 4) is 0 Å². The molecule has 3 atom stereocenters. The third-order valence-electron chi connectivity index (χ3n) is 4.74. The van der Waals surface area contributed by atoms with E-state index in [1.165, 1.54) is 0 Å². The highest BCUT2D eigenvalue weighted by Crippen LogP contribution is 2.38. The second kappa shape index (κ2) is 8.53. The predicted octanol–water partition coefficient (Wildman–Crippen LogP) is 4.40. The largest absolute Gasteiger partial charge is 0.479 e. The molecular weight excluding hydrogens is 338 g/mol. The number of carboxylic acid groups (broad SMARTS) is 1. The number of hydrogen-bond acceptors (Lipinski definition) is 4. The van der Waals surface area contributed by atoms with Crippen molar-refractivity contribution in [1.29, 1.82) is 0 Å². The van der Waals surface area contributed by atoms with E-state index in [1.807, 2.05) is 26.9 Å². The minimum absolute atomic E-state index is 0.0709. The van der Waals surface area contributed by atoms with E-state index < -0.39 is 38.1 Å². The molecule has 0 saturated carbocycles. The van der Waals surface area contributed by atoms with E-state index in [0.29, 0.717) is 6.42 Å². The minimum atomic E-state index is -2.32. The maximum absolute atomic E-state index is 12.2. The van der Waals surface area contributed by atoms with Gasteiger partial charge in [-0.1, -0.05) is 41.0 Å². The molecule has 7 heteroatoms. The Morgan fingerprint density at radius 3 is 1.92 bits per heavy atom. The highest BCUT2D eigenvalue weighted by atomic mass is 28.4. The van der Waals surface area contributed by atoms with E-state index in [2.05, 4.69) is 26.1 Å². The average Bonchev–Trinajstić information content (AvgIpc) is 2.38. The van der Waals surface area contributed by atoms with Gasteiger partial charge in [-0.25, -0.2) is 9.59 Å². The Labute approximate surface area is 153 Å². The van der Waals surface area contributed by atoms with Gasteiger partial charge < -0.3 is 19.6 Å². The lowest BCUT2D eigenvalue weighted by atomic mass is 9.94. The number of carbonyl (C=O) groups is 2. The highest BCUT2D eigenvalue weighted by Gasteiger charge is 2.44. The summed E-state index contributed by atoms with van der Waals surface area (Å²) in [5, 5.41) is 12.4. The molecule has 2 N–H and O–H groups in total. The number of ether oxygens (including phenoxy) is 1. The Hall–Kier alpha value is -1.08. The first-order valence-corrected chi connectivity index (χ1v) is 11.8. The summed E-state index contributed by atoms with van der Waals surface area (Å²) in [5.74, 6) is -1.13. The van der Waals surface area contributed by atoms with Crippen molar-refractivity contribution in [1.82, 2.24) is 5.32 Å². The average molecular weight is 376 g/mol. The quantitative estimate of drug-likeness (QED) is 0.644. The molecule has 0 aromatic heterocycles. The van der Waals surface area contributed by atoms with Crippen molar-refractivity contribution >= 4 is 20.4 Å². The maximum Gasteiger partial charge on any atom is 0.407 e. The van der Waals surface area contributed by atoms with Gasteiger partial charge in [0.1, 0.15) is 5.60 Å². The molecule has 0 aliphatic carbocycles. The third-order valence-corrected chi connectivity index (χ3v) is 9.19. The van der Waals surface area contributed by atoms with Crippen molar-refractivity contribution in [3.63, 3.8) is 0 Å². The Morgan fingerprint density at radius 2 is 1.60 bits per heavy atom. The molecule has 0 fully saturated rings. The number of hydrogen-bond donors (Lipinski definition) is 2. The fourth-order valence-corrected chi connectivity index (χ4v) is 3.22. The van der Waals surface area contributed by atoms with Crippen LogP contribution in [0.2, 0.25) is 18.1 Å². The fourth-order valence-electron chi connectivity index (χ4n) is 1.99. The molecule has 0 aliphatic rings. The lowest BCUT2D eigenvalue weighted by molar-refractivity contribution is -0.147. The molecule has 0 rings (SSSR count). The molecule has 0 heterocycles. The summed E-state index contributed by atoms with van der Waals surface area (Å²) in [6.45, 7) is 19.3. The lowest BCUT2D eigenvalue weighted by Gasteiger charge is -2.41. The zero-order chi connectivity index (χ0) is 20.2. The van der Waals surface area contributed by atoms with Gasteiger partial charge in [0, 0.05) is 0 Å². The van der Waals surface area contributed by atoms with Crippen LogP contribution in [0, 0.1) is 5.92 Å². The van der Waals surface area contributed by atoms with Crippen LogP contribution in [0.3, 0.4) is 0 Å². The van der Waals surface area contributed by atoms with Gasteiger partial charge in [0.25, 0.3) is 0 Å². The number of aliphatic carboxylic acids is 1. The highest BCUT2D eigenvalue weighted by molar-refractivity contribution is 6.74. The molecule has 0 saturated heterocycles. The van der Waals surface area contributed by atoms with Gasteiger partial charge in [-0.05, 0) is 44.8 Å². The van der Waals surface area contributed by atoms with Gasteiger partial charge in [0.15, 0.2) is 14.4 Å². The van der Waals surface area contributed by atoms with Crippen molar-refractivity contribution in [2.24, 2.45) is 5.92 Å². The summed E-state index contributed by atoms with van der Waals surface area (Å²) in [4.78, 5) is 24.1. The van der Waals surface area contributed by atoms with E-state index >= 15 is 0 Å². The normalized spacial score (nSPS) is 16.7. The SMILES string of the molecule is CC[C@H](C)[C@H](NC(=O)OC(C)(C)C)[C@@H](O[Si](C)(C)C(C)(C)C)C(=O)O. The Kier molecular flexibility index (Phi) is 8.16. The van der Waals surface area contributed by atoms with Gasteiger partial charge in [-0.2, -0.15) is 0 Å². The van der Waals surface area contributed by atoms with Crippen molar-refractivity contribution in [2.75, 3.05) is 0 Å². The number of rotatable bonds is 7. The van der Waals surface area contributed by atoms with Crippen molar-refractivity contribution in [2.45, 2.75) is 97.7 Å².